The average Bonchev–Trinajstić information content (AvgIpc) is 3.57. The summed E-state index contributed by atoms with van der Waals surface area (Å²) in [5.74, 6) is -0.220. The van der Waals surface area contributed by atoms with Gasteiger partial charge >= 0.3 is 5.97 Å². The zero-order valence-electron chi connectivity index (χ0n) is 16.8. The highest BCUT2D eigenvalue weighted by molar-refractivity contribution is 7.89. The highest BCUT2D eigenvalue weighted by Crippen LogP contribution is 2.34. The minimum absolute atomic E-state index is 0.137. The second kappa shape index (κ2) is 8.43. The number of sulfonamides is 1. The van der Waals surface area contributed by atoms with Crippen molar-refractivity contribution in [1.82, 2.24) is 9.62 Å². The number of carbonyl (C=O) groups excluding carboxylic acids is 2. The summed E-state index contributed by atoms with van der Waals surface area (Å²) in [4.78, 5) is 24.5. The molecule has 0 radical (unpaired) electrons. The van der Waals surface area contributed by atoms with E-state index < -0.39 is 28.0 Å². The monoisotopic (exact) mass is 438 g/mol. The molecule has 1 saturated heterocycles. The van der Waals surface area contributed by atoms with Crippen LogP contribution < -0.4 is 14.8 Å². The van der Waals surface area contributed by atoms with Gasteiger partial charge in [0.25, 0.3) is 5.91 Å². The number of ether oxygens (including phenoxy) is 3. The summed E-state index contributed by atoms with van der Waals surface area (Å²) in [7, 11) is -3.71. The molecule has 30 heavy (non-hydrogen) atoms. The van der Waals surface area contributed by atoms with Gasteiger partial charge in [0, 0.05) is 25.2 Å². The molecule has 9 nitrogen and oxygen atoms in total. The van der Waals surface area contributed by atoms with Gasteiger partial charge in [0.1, 0.15) is 13.2 Å². The standard InChI is InChI=1S/C20H26N2O7S/c1-13(19(23)21-15-2-3-15)29-20(24)14-6-8-22(9-7-14)30(25,26)16-4-5-17-18(12-16)28-11-10-27-17/h4-5,12-15H,2-3,6-11H2,1H3,(H,21,23). The molecule has 2 fully saturated rings. The fourth-order valence-corrected chi connectivity index (χ4v) is 5.02. The molecular weight excluding hydrogens is 412 g/mol. The Morgan fingerprint density at radius 2 is 1.77 bits per heavy atom. The minimum Gasteiger partial charge on any atom is -0.486 e. The van der Waals surface area contributed by atoms with Gasteiger partial charge < -0.3 is 19.5 Å². The summed E-state index contributed by atoms with van der Waals surface area (Å²) in [6, 6.07) is 4.78. The SMILES string of the molecule is CC(OC(=O)C1CCN(S(=O)(=O)c2ccc3c(c2)OCCO3)CC1)C(=O)NC1CC1. The van der Waals surface area contributed by atoms with E-state index in [2.05, 4.69) is 5.32 Å². The van der Waals surface area contributed by atoms with Gasteiger partial charge in [-0.15, -0.1) is 0 Å². The predicted octanol–water partition coefficient (Wildman–Crippen LogP) is 1.07. The second-order valence-electron chi connectivity index (χ2n) is 7.85. The van der Waals surface area contributed by atoms with Gasteiger partial charge in [-0.3, -0.25) is 9.59 Å². The van der Waals surface area contributed by atoms with Crippen LogP contribution in [-0.2, 0) is 24.3 Å². The number of carbonyl (C=O) groups is 2. The van der Waals surface area contributed by atoms with Crippen LogP contribution in [0.25, 0.3) is 0 Å². The highest BCUT2D eigenvalue weighted by Gasteiger charge is 2.35. The van der Waals surface area contributed by atoms with Crippen LogP contribution in [0, 0.1) is 5.92 Å². The Labute approximate surface area is 175 Å². The predicted molar refractivity (Wildman–Crippen MR) is 106 cm³/mol. The van der Waals surface area contributed by atoms with Gasteiger partial charge in [-0.25, -0.2) is 8.42 Å². The summed E-state index contributed by atoms with van der Waals surface area (Å²) in [5.41, 5.74) is 0. The summed E-state index contributed by atoms with van der Waals surface area (Å²) in [5, 5.41) is 2.81. The third kappa shape index (κ3) is 4.54. The van der Waals surface area contributed by atoms with Crippen LogP contribution in [-0.4, -0.2) is 63.0 Å². The number of hydrogen-bond acceptors (Lipinski definition) is 7. The summed E-state index contributed by atoms with van der Waals surface area (Å²) in [6.07, 6.45) is 1.77. The molecule has 4 rings (SSSR count). The number of nitrogens with zero attached hydrogens (tertiary/aromatic N) is 1. The van der Waals surface area contributed by atoms with Crippen molar-refractivity contribution in [3.05, 3.63) is 18.2 Å². The fourth-order valence-electron chi connectivity index (χ4n) is 3.54. The van der Waals surface area contributed by atoms with E-state index in [-0.39, 0.29) is 29.9 Å². The molecule has 1 N–H and O–H groups in total. The molecule has 10 heteroatoms. The number of hydrogen-bond donors (Lipinski definition) is 1. The quantitative estimate of drug-likeness (QED) is 0.661. The van der Waals surface area contributed by atoms with Crippen molar-refractivity contribution >= 4 is 21.9 Å². The van der Waals surface area contributed by atoms with Crippen molar-refractivity contribution < 1.29 is 32.2 Å². The lowest BCUT2D eigenvalue weighted by atomic mass is 9.98. The number of benzene rings is 1. The maximum Gasteiger partial charge on any atom is 0.309 e. The molecule has 1 aromatic rings. The Morgan fingerprint density at radius 3 is 2.43 bits per heavy atom. The Bertz CT molecular complexity index is 921. The number of fused-ring (bicyclic) bond motifs is 1. The van der Waals surface area contributed by atoms with E-state index >= 15 is 0 Å². The van der Waals surface area contributed by atoms with Crippen LogP contribution in [0.1, 0.15) is 32.6 Å². The summed E-state index contributed by atoms with van der Waals surface area (Å²) in [6.45, 7) is 2.78. The number of rotatable bonds is 6. The Kier molecular flexibility index (Phi) is 5.88. The van der Waals surface area contributed by atoms with Crippen molar-refractivity contribution in [2.24, 2.45) is 5.92 Å². The molecule has 164 valence electrons. The van der Waals surface area contributed by atoms with Crippen molar-refractivity contribution in [1.29, 1.82) is 0 Å². The maximum absolute atomic E-state index is 13.0. The normalized spacial score (nSPS) is 21.0. The first-order valence-corrected chi connectivity index (χ1v) is 11.7. The lowest BCUT2D eigenvalue weighted by Crippen LogP contribution is -2.42. The van der Waals surface area contributed by atoms with Crippen LogP contribution in [0.4, 0.5) is 0 Å². The molecular formula is C20H26N2O7S. The molecule has 1 amide bonds. The first kappa shape index (κ1) is 20.9. The highest BCUT2D eigenvalue weighted by atomic mass is 32.2. The molecule has 0 bridgehead atoms. The Balaban J connectivity index is 1.33. The lowest BCUT2D eigenvalue weighted by molar-refractivity contribution is -0.159. The smallest absolute Gasteiger partial charge is 0.309 e. The molecule has 0 aromatic heterocycles. The summed E-state index contributed by atoms with van der Waals surface area (Å²) < 4.78 is 43.6. The van der Waals surface area contributed by atoms with Crippen molar-refractivity contribution in [3.8, 4) is 11.5 Å². The van der Waals surface area contributed by atoms with Gasteiger partial charge in [-0.2, -0.15) is 4.31 Å². The van der Waals surface area contributed by atoms with Gasteiger partial charge in [-0.05, 0) is 44.7 Å². The fraction of sp³-hybridized carbons (Fsp3) is 0.600. The van der Waals surface area contributed by atoms with Crippen LogP contribution in [0.15, 0.2) is 23.1 Å². The molecule has 3 aliphatic rings. The zero-order chi connectivity index (χ0) is 21.3. The van der Waals surface area contributed by atoms with Gasteiger partial charge in [0.15, 0.2) is 17.6 Å². The van der Waals surface area contributed by atoms with Gasteiger partial charge in [0.05, 0.1) is 10.8 Å². The van der Waals surface area contributed by atoms with E-state index in [1.807, 2.05) is 0 Å². The molecule has 1 saturated carbocycles. The number of amides is 1. The van der Waals surface area contributed by atoms with Gasteiger partial charge in [0.2, 0.25) is 10.0 Å². The zero-order valence-corrected chi connectivity index (χ0v) is 17.7. The first-order valence-electron chi connectivity index (χ1n) is 10.3. The van der Waals surface area contributed by atoms with E-state index in [0.29, 0.717) is 37.6 Å². The third-order valence-corrected chi connectivity index (χ3v) is 7.42. The molecule has 0 spiro atoms. The summed E-state index contributed by atoms with van der Waals surface area (Å²) >= 11 is 0. The van der Waals surface area contributed by atoms with Crippen molar-refractivity contribution in [2.45, 2.75) is 49.6 Å². The largest absolute Gasteiger partial charge is 0.486 e. The molecule has 2 aliphatic heterocycles. The topological polar surface area (TPSA) is 111 Å². The maximum atomic E-state index is 13.0. The second-order valence-corrected chi connectivity index (χ2v) is 9.78. The van der Waals surface area contributed by atoms with E-state index in [0.717, 1.165) is 12.8 Å². The van der Waals surface area contributed by atoms with Crippen LogP contribution in [0.5, 0.6) is 11.5 Å². The van der Waals surface area contributed by atoms with Crippen LogP contribution in [0.2, 0.25) is 0 Å². The van der Waals surface area contributed by atoms with E-state index in [9.17, 15) is 18.0 Å². The van der Waals surface area contributed by atoms with E-state index in [1.165, 1.54) is 16.4 Å². The molecule has 1 atom stereocenters. The average molecular weight is 439 g/mol. The molecule has 1 aliphatic carbocycles. The van der Waals surface area contributed by atoms with E-state index in [4.69, 9.17) is 14.2 Å². The Morgan fingerprint density at radius 1 is 1.10 bits per heavy atom. The first-order chi connectivity index (χ1) is 14.3. The lowest BCUT2D eigenvalue weighted by Gasteiger charge is -2.30. The van der Waals surface area contributed by atoms with Crippen LogP contribution in [0.3, 0.4) is 0 Å². The Hall–Kier alpha value is -2.33. The molecule has 1 unspecified atom stereocenters. The third-order valence-electron chi connectivity index (χ3n) is 5.52. The number of nitrogens with one attached hydrogen (secondary N) is 1. The van der Waals surface area contributed by atoms with E-state index in [1.54, 1.807) is 13.0 Å². The van der Waals surface area contributed by atoms with Crippen LogP contribution >= 0.6 is 0 Å². The van der Waals surface area contributed by atoms with Gasteiger partial charge in [-0.1, -0.05) is 0 Å². The number of piperidine rings is 1. The minimum atomic E-state index is -3.71. The van der Waals surface area contributed by atoms with Crippen molar-refractivity contribution in [3.63, 3.8) is 0 Å². The number of esters is 1. The van der Waals surface area contributed by atoms with Crippen molar-refractivity contribution in [2.75, 3.05) is 26.3 Å². The molecule has 1 aromatic carbocycles. The molecule has 2 heterocycles.